The van der Waals surface area contributed by atoms with Crippen molar-refractivity contribution in [2.75, 3.05) is 12.3 Å². The van der Waals surface area contributed by atoms with Crippen LogP contribution in [0.1, 0.15) is 26.3 Å². The quantitative estimate of drug-likeness (QED) is 0.263. The average Bonchev–Trinajstić information content (AvgIpc) is 3.31. The maximum atomic E-state index is 13.3. The summed E-state index contributed by atoms with van der Waals surface area (Å²) in [4.78, 5) is 41.1. The fraction of sp³-hybridized carbons (Fsp3) is 0.179. The van der Waals surface area contributed by atoms with E-state index >= 15 is 0 Å². The van der Waals surface area contributed by atoms with Crippen molar-refractivity contribution in [1.82, 2.24) is 10.3 Å². The van der Waals surface area contributed by atoms with Crippen molar-refractivity contribution in [2.24, 2.45) is 5.92 Å². The summed E-state index contributed by atoms with van der Waals surface area (Å²) in [5, 5.41) is 13.8. The molecule has 2 atom stereocenters. The van der Waals surface area contributed by atoms with Crippen LogP contribution in [0, 0.1) is 5.92 Å². The van der Waals surface area contributed by atoms with Gasteiger partial charge in [0.1, 0.15) is 6.04 Å². The highest BCUT2D eigenvalue weighted by Gasteiger charge is 2.26. The van der Waals surface area contributed by atoms with E-state index in [0.717, 1.165) is 28.2 Å². The number of Topliss-reactive ketones (excluding diaryl/α,β-unsaturated/α-hetero) is 1. The molecule has 35 heavy (non-hydrogen) atoms. The van der Waals surface area contributed by atoms with Crippen molar-refractivity contribution in [2.45, 2.75) is 12.5 Å². The Bertz CT molecular complexity index is 1300. The molecular weight excluding hydrogens is 460 g/mol. The number of aliphatic carboxylic acids is 1. The van der Waals surface area contributed by atoms with Gasteiger partial charge in [-0.2, -0.15) is 0 Å². The molecule has 0 aliphatic carbocycles. The predicted octanol–water partition coefficient (Wildman–Crippen LogP) is 4.83. The average molecular weight is 487 g/mol. The lowest BCUT2D eigenvalue weighted by Crippen LogP contribution is -2.43. The third-order valence-corrected chi connectivity index (χ3v) is 6.93. The molecule has 0 aliphatic heterocycles. The van der Waals surface area contributed by atoms with Crippen LogP contribution < -0.4 is 5.32 Å². The molecule has 0 amide bonds. The largest absolute Gasteiger partial charge is 0.480 e. The molecule has 0 fully saturated rings. The Labute approximate surface area is 207 Å². The minimum absolute atomic E-state index is 0.120. The predicted molar refractivity (Wildman–Crippen MR) is 139 cm³/mol. The topological polar surface area (TPSA) is 99.3 Å². The Balaban J connectivity index is 1.47. The van der Waals surface area contributed by atoms with Crippen LogP contribution >= 0.6 is 11.8 Å². The molecule has 0 saturated carbocycles. The number of nitrogens with one attached hydrogen (secondary N) is 2. The van der Waals surface area contributed by atoms with Crippen molar-refractivity contribution in [1.29, 1.82) is 0 Å². The summed E-state index contributed by atoms with van der Waals surface area (Å²) in [6.45, 7) is 0.141. The fourth-order valence-corrected chi connectivity index (χ4v) is 4.88. The number of carboxylic acid groups (broad SMARTS) is 1. The van der Waals surface area contributed by atoms with Gasteiger partial charge in [-0.05, 0) is 11.6 Å². The number of aromatic amines is 1. The number of rotatable bonds is 11. The van der Waals surface area contributed by atoms with Gasteiger partial charge in [0.15, 0.2) is 5.78 Å². The summed E-state index contributed by atoms with van der Waals surface area (Å²) < 4.78 is 0. The Morgan fingerprint density at radius 1 is 0.857 bits per heavy atom. The van der Waals surface area contributed by atoms with Gasteiger partial charge in [-0.25, -0.2) is 0 Å². The van der Waals surface area contributed by atoms with Gasteiger partial charge in [0.05, 0.1) is 0 Å². The third-order valence-electron chi connectivity index (χ3n) is 5.86. The molecule has 6 nitrogen and oxygen atoms in total. The van der Waals surface area contributed by atoms with E-state index in [9.17, 15) is 19.5 Å². The molecule has 4 aromatic rings. The van der Waals surface area contributed by atoms with Gasteiger partial charge < -0.3 is 15.4 Å². The number of hydrogen-bond acceptors (Lipinski definition) is 5. The van der Waals surface area contributed by atoms with Gasteiger partial charge >= 0.3 is 5.97 Å². The molecule has 7 heteroatoms. The lowest BCUT2D eigenvalue weighted by atomic mass is 9.98. The SMILES string of the molecule is O=C(SCC(CN[C@@H](Cc1c[nH]c2ccccc12)C(=O)O)C(=O)c1ccccc1)c1ccccc1. The number of aromatic nitrogens is 1. The minimum Gasteiger partial charge on any atom is -0.480 e. The zero-order valence-electron chi connectivity index (χ0n) is 19.0. The second kappa shape index (κ2) is 11.6. The molecule has 1 heterocycles. The number of carbonyl (C=O) groups is 3. The van der Waals surface area contributed by atoms with Gasteiger partial charge in [0.2, 0.25) is 5.12 Å². The van der Waals surface area contributed by atoms with E-state index in [2.05, 4.69) is 10.3 Å². The number of fused-ring (bicyclic) bond motifs is 1. The highest BCUT2D eigenvalue weighted by atomic mass is 32.2. The number of thioether (sulfide) groups is 1. The molecule has 0 aliphatic rings. The fourth-order valence-electron chi connectivity index (χ4n) is 3.95. The van der Waals surface area contributed by atoms with E-state index in [1.807, 2.05) is 42.6 Å². The summed E-state index contributed by atoms with van der Waals surface area (Å²) >= 11 is 1.08. The molecule has 4 rings (SSSR count). The highest BCUT2D eigenvalue weighted by Crippen LogP contribution is 2.21. The lowest BCUT2D eigenvalue weighted by Gasteiger charge is -2.20. The van der Waals surface area contributed by atoms with Gasteiger partial charge in [0, 0.05) is 52.9 Å². The molecule has 178 valence electrons. The standard InChI is InChI=1S/C28H26N2O4S/c31-26(19-9-3-1-4-10-19)22(18-35-28(34)20-11-5-2-6-12-20)17-30-25(27(32)33)15-21-16-29-24-14-8-7-13-23(21)24/h1-14,16,22,25,29-30H,15,17-18H2,(H,32,33)/t22?,25-/m0/s1. The highest BCUT2D eigenvalue weighted by molar-refractivity contribution is 8.14. The summed E-state index contributed by atoms with van der Waals surface area (Å²) in [6, 6.07) is 24.6. The maximum absolute atomic E-state index is 13.3. The number of para-hydroxylation sites is 1. The number of carbonyl (C=O) groups excluding carboxylic acids is 2. The molecule has 3 aromatic carbocycles. The Kier molecular flexibility index (Phi) is 8.13. The van der Waals surface area contributed by atoms with Gasteiger partial charge in [-0.3, -0.25) is 14.4 Å². The molecule has 0 bridgehead atoms. The molecule has 0 spiro atoms. The number of hydrogen-bond donors (Lipinski definition) is 3. The Hall–Kier alpha value is -3.68. The van der Waals surface area contributed by atoms with Crippen molar-refractivity contribution in [3.63, 3.8) is 0 Å². The Morgan fingerprint density at radius 3 is 2.17 bits per heavy atom. The number of benzene rings is 3. The van der Waals surface area contributed by atoms with Crippen LogP contribution in [0.15, 0.2) is 91.1 Å². The summed E-state index contributed by atoms with van der Waals surface area (Å²) in [7, 11) is 0. The van der Waals surface area contributed by atoms with E-state index < -0.39 is 17.9 Å². The zero-order valence-corrected chi connectivity index (χ0v) is 19.8. The van der Waals surface area contributed by atoms with Crippen molar-refractivity contribution in [3.8, 4) is 0 Å². The van der Waals surface area contributed by atoms with Crippen LogP contribution in [0.25, 0.3) is 10.9 Å². The molecular formula is C28H26N2O4S. The van der Waals surface area contributed by atoms with Crippen LogP contribution in [0.2, 0.25) is 0 Å². The van der Waals surface area contributed by atoms with Crippen LogP contribution in [0.5, 0.6) is 0 Å². The molecule has 1 aromatic heterocycles. The lowest BCUT2D eigenvalue weighted by molar-refractivity contribution is -0.139. The Morgan fingerprint density at radius 2 is 1.49 bits per heavy atom. The first-order valence-electron chi connectivity index (χ1n) is 11.4. The summed E-state index contributed by atoms with van der Waals surface area (Å²) in [5.74, 6) is -1.44. The van der Waals surface area contributed by atoms with Crippen molar-refractivity contribution in [3.05, 3.63) is 108 Å². The summed E-state index contributed by atoms with van der Waals surface area (Å²) in [5.41, 5.74) is 2.94. The second-order valence-corrected chi connectivity index (χ2v) is 9.25. The molecule has 0 saturated heterocycles. The molecule has 1 unspecified atom stereocenters. The normalized spacial score (nSPS) is 12.8. The van der Waals surface area contributed by atoms with E-state index in [4.69, 9.17) is 0 Å². The van der Waals surface area contributed by atoms with Crippen molar-refractivity contribution >= 4 is 39.5 Å². The van der Waals surface area contributed by atoms with Gasteiger partial charge in [-0.15, -0.1) is 0 Å². The third kappa shape index (κ3) is 6.26. The number of ketones is 1. The van der Waals surface area contributed by atoms with E-state index in [0.29, 0.717) is 11.1 Å². The number of carboxylic acids is 1. The second-order valence-electron chi connectivity index (χ2n) is 8.25. The summed E-state index contributed by atoms with van der Waals surface area (Å²) in [6.07, 6.45) is 2.09. The van der Waals surface area contributed by atoms with E-state index in [-0.39, 0.29) is 29.6 Å². The van der Waals surface area contributed by atoms with Crippen LogP contribution in [-0.2, 0) is 11.2 Å². The van der Waals surface area contributed by atoms with Crippen LogP contribution in [0.3, 0.4) is 0 Å². The van der Waals surface area contributed by atoms with Gasteiger partial charge in [0.25, 0.3) is 0 Å². The monoisotopic (exact) mass is 486 g/mol. The van der Waals surface area contributed by atoms with E-state index in [1.54, 1.807) is 48.5 Å². The maximum Gasteiger partial charge on any atom is 0.321 e. The minimum atomic E-state index is -0.991. The van der Waals surface area contributed by atoms with Crippen molar-refractivity contribution < 1.29 is 19.5 Å². The first-order chi connectivity index (χ1) is 17.0. The number of H-pyrrole nitrogens is 1. The molecule has 0 radical (unpaired) electrons. The zero-order chi connectivity index (χ0) is 24.6. The van der Waals surface area contributed by atoms with E-state index in [1.165, 1.54) is 0 Å². The van der Waals surface area contributed by atoms with Crippen LogP contribution in [-0.4, -0.2) is 45.3 Å². The molecule has 3 N–H and O–H groups in total. The van der Waals surface area contributed by atoms with Gasteiger partial charge in [-0.1, -0.05) is 90.6 Å². The first kappa shape index (κ1) is 24.4. The smallest absolute Gasteiger partial charge is 0.321 e. The first-order valence-corrected chi connectivity index (χ1v) is 12.3. The van der Waals surface area contributed by atoms with Crippen LogP contribution in [0.4, 0.5) is 0 Å².